The lowest BCUT2D eigenvalue weighted by molar-refractivity contribution is 0.0367. The molecule has 0 spiro atoms. The summed E-state index contributed by atoms with van der Waals surface area (Å²) >= 11 is 0. The third-order valence-corrected chi connectivity index (χ3v) is 7.05. The van der Waals surface area contributed by atoms with E-state index in [4.69, 9.17) is 10.5 Å². The molecule has 0 aliphatic carbocycles. The molecule has 1 saturated heterocycles. The second-order valence-corrected chi connectivity index (χ2v) is 9.05. The van der Waals surface area contributed by atoms with Gasteiger partial charge < -0.3 is 10.5 Å². The van der Waals surface area contributed by atoms with Gasteiger partial charge in [0.1, 0.15) is 0 Å². The van der Waals surface area contributed by atoms with Gasteiger partial charge in [0.25, 0.3) is 5.56 Å². The first-order chi connectivity index (χ1) is 14.4. The molecule has 0 radical (unpaired) electrons. The SMILES string of the molecule is N[C@@H]1CCN(S(=O)(=O)c2cccc3c(=O)n(COC(=O)c4ccccc4)ccc23)C1. The average molecular weight is 427 g/mol. The smallest absolute Gasteiger partial charge is 0.339 e. The molecule has 0 unspecified atom stereocenters. The summed E-state index contributed by atoms with van der Waals surface area (Å²) in [5, 5.41) is 0.562. The van der Waals surface area contributed by atoms with E-state index < -0.39 is 21.6 Å². The Morgan fingerprint density at radius 3 is 2.53 bits per heavy atom. The van der Waals surface area contributed by atoms with Gasteiger partial charge in [-0.15, -0.1) is 0 Å². The van der Waals surface area contributed by atoms with E-state index in [1.54, 1.807) is 42.5 Å². The lowest BCUT2D eigenvalue weighted by Gasteiger charge is -2.17. The van der Waals surface area contributed by atoms with Crippen LogP contribution in [-0.4, -0.2) is 42.4 Å². The van der Waals surface area contributed by atoms with Crippen LogP contribution in [0.4, 0.5) is 0 Å². The van der Waals surface area contributed by atoms with E-state index in [-0.39, 0.29) is 29.6 Å². The van der Waals surface area contributed by atoms with E-state index in [1.165, 1.54) is 27.2 Å². The number of hydrogen-bond acceptors (Lipinski definition) is 6. The van der Waals surface area contributed by atoms with Gasteiger partial charge in [-0.3, -0.25) is 9.36 Å². The monoisotopic (exact) mass is 427 g/mol. The van der Waals surface area contributed by atoms with Crippen molar-refractivity contribution in [2.75, 3.05) is 13.1 Å². The van der Waals surface area contributed by atoms with Crippen LogP contribution in [0.25, 0.3) is 10.8 Å². The summed E-state index contributed by atoms with van der Waals surface area (Å²) in [7, 11) is -3.77. The number of aromatic nitrogens is 1. The molecule has 0 saturated carbocycles. The second kappa shape index (κ2) is 8.02. The fourth-order valence-corrected chi connectivity index (χ4v) is 5.23. The lowest BCUT2D eigenvalue weighted by Crippen LogP contribution is -2.32. The molecule has 9 heteroatoms. The highest BCUT2D eigenvalue weighted by Crippen LogP contribution is 2.26. The van der Waals surface area contributed by atoms with E-state index in [2.05, 4.69) is 0 Å². The number of fused-ring (bicyclic) bond motifs is 1. The van der Waals surface area contributed by atoms with Gasteiger partial charge in [0, 0.05) is 36.1 Å². The summed E-state index contributed by atoms with van der Waals surface area (Å²) in [5.41, 5.74) is 5.79. The van der Waals surface area contributed by atoms with E-state index in [0.29, 0.717) is 23.9 Å². The number of ether oxygens (including phenoxy) is 1. The summed E-state index contributed by atoms with van der Waals surface area (Å²) < 4.78 is 33.9. The summed E-state index contributed by atoms with van der Waals surface area (Å²) in [5.74, 6) is -0.552. The molecular formula is C21H21N3O5S. The molecule has 1 atom stereocenters. The van der Waals surface area contributed by atoms with Crippen molar-refractivity contribution in [2.45, 2.75) is 24.1 Å². The highest BCUT2D eigenvalue weighted by atomic mass is 32.2. The highest BCUT2D eigenvalue weighted by Gasteiger charge is 2.32. The molecule has 1 aromatic heterocycles. The first-order valence-electron chi connectivity index (χ1n) is 9.48. The summed E-state index contributed by atoms with van der Waals surface area (Å²) in [6.45, 7) is 0.331. The number of carbonyl (C=O) groups excluding carboxylic acids is 1. The molecule has 4 rings (SSSR count). The van der Waals surface area contributed by atoms with Crippen LogP contribution < -0.4 is 11.3 Å². The zero-order chi connectivity index (χ0) is 21.3. The summed E-state index contributed by atoms with van der Waals surface area (Å²) in [6, 6.07) is 14.4. The van der Waals surface area contributed by atoms with Gasteiger partial charge in [-0.1, -0.05) is 24.3 Å². The van der Waals surface area contributed by atoms with E-state index >= 15 is 0 Å². The predicted molar refractivity (Wildman–Crippen MR) is 111 cm³/mol. The van der Waals surface area contributed by atoms with Gasteiger partial charge >= 0.3 is 5.97 Å². The molecule has 1 aliphatic heterocycles. The Balaban J connectivity index is 1.64. The number of benzene rings is 2. The van der Waals surface area contributed by atoms with Crippen LogP contribution in [0.3, 0.4) is 0 Å². The molecule has 2 heterocycles. The Morgan fingerprint density at radius 1 is 1.07 bits per heavy atom. The molecule has 1 fully saturated rings. The number of rotatable bonds is 5. The Labute approximate surface area is 173 Å². The Morgan fingerprint density at radius 2 is 1.83 bits per heavy atom. The van der Waals surface area contributed by atoms with Crippen molar-refractivity contribution in [2.24, 2.45) is 5.73 Å². The lowest BCUT2D eigenvalue weighted by atomic mass is 10.2. The molecule has 2 N–H and O–H groups in total. The van der Waals surface area contributed by atoms with Gasteiger partial charge in [-0.2, -0.15) is 4.31 Å². The number of pyridine rings is 1. The van der Waals surface area contributed by atoms with Gasteiger partial charge in [0.15, 0.2) is 6.73 Å². The molecule has 8 nitrogen and oxygen atoms in total. The van der Waals surface area contributed by atoms with Crippen LogP contribution in [-0.2, 0) is 21.5 Å². The second-order valence-electron chi connectivity index (χ2n) is 7.15. The standard InChI is InChI=1S/C21H21N3O5S/c22-16-9-12-24(13-16)30(27,28)19-8-4-7-18-17(19)10-11-23(20(18)25)14-29-21(26)15-5-2-1-3-6-15/h1-8,10-11,16H,9,12-14,22H2/t16-/m1/s1. The van der Waals surface area contributed by atoms with Crippen LogP contribution in [0.1, 0.15) is 16.8 Å². The molecule has 156 valence electrons. The summed E-state index contributed by atoms with van der Waals surface area (Å²) in [4.78, 5) is 25.1. The highest BCUT2D eigenvalue weighted by molar-refractivity contribution is 7.89. The number of esters is 1. The minimum atomic E-state index is -3.77. The Bertz CT molecular complexity index is 1250. The Kier molecular flexibility index (Phi) is 5.42. The van der Waals surface area contributed by atoms with Gasteiger partial charge in [-0.05, 0) is 36.8 Å². The maximum Gasteiger partial charge on any atom is 0.339 e. The minimum Gasteiger partial charge on any atom is -0.440 e. The maximum absolute atomic E-state index is 13.1. The number of nitrogens with two attached hydrogens (primary N) is 1. The zero-order valence-corrected chi connectivity index (χ0v) is 16.9. The molecule has 2 aromatic carbocycles. The van der Waals surface area contributed by atoms with Crippen LogP contribution in [0.5, 0.6) is 0 Å². The number of carbonyl (C=O) groups is 1. The van der Waals surface area contributed by atoms with Gasteiger partial charge in [-0.25, -0.2) is 13.2 Å². The van der Waals surface area contributed by atoms with Crippen molar-refractivity contribution in [1.29, 1.82) is 0 Å². The van der Waals surface area contributed by atoms with Gasteiger partial charge in [0.2, 0.25) is 10.0 Å². The van der Waals surface area contributed by atoms with E-state index in [0.717, 1.165) is 0 Å². The normalized spacial score (nSPS) is 17.3. The number of nitrogens with zero attached hydrogens (tertiary/aromatic N) is 2. The van der Waals surface area contributed by atoms with Crippen LogP contribution in [0, 0.1) is 0 Å². The molecule has 0 bridgehead atoms. The molecule has 3 aromatic rings. The quantitative estimate of drug-likeness (QED) is 0.618. The summed E-state index contributed by atoms with van der Waals surface area (Å²) in [6.07, 6.45) is 2.03. The van der Waals surface area contributed by atoms with Crippen molar-refractivity contribution in [1.82, 2.24) is 8.87 Å². The topological polar surface area (TPSA) is 112 Å². The average Bonchev–Trinajstić information content (AvgIpc) is 3.20. The maximum atomic E-state index is 13.1. The van der Waals surface area contributed by atoms with E-state index in [9.17, 15) is 18.0 Å². The zero-order valence-electron chi connectivity index (χ0n) is 16.1. The van der Waals surface area contributed by atoms with Crippen molar-refractivity contribution in [3.05, 3.63) is 76.7 Å². The van der Waals surface area contributed by atoms with Crippen LogP contribution in [0.2, 0.25) is 0 Å². The Hall–Kier alpha value is -3.01. The fraction of sp³-hybridized carbons (Fsp3) is 0.238. The van der Waals surface area contributed by atoms with E-state index in [1.807, 2.05) is 0 Å². The third kappa shape index (κ3) is 3.74. The van der Waals surface area contributed by atoms with Crippen molar-refractivity contribution < 1.29 is 17.9 Å². The fourth-order valence-electron chi connectivity index (χ4n) is 3.51. The first-order valence-corrected chi connectivity index (χ1v) is 10.9. The minimum absolute atomic E-state index is 0.0691. The number of sulfonamides is 1. The van der Waals surface area contributed by atoms with Crippen LogP contribution in [0.15, 0.2) is 70.5 Å². The number of hydrogen-bond donors (Lipinski definition) is 1. The molecular weight excluding hydrogens is 406 g/mol. The van der Waals surface area contributed by atoms with Crippen molar-refractivity contribution in [3.8, 4) is 0 Å². The van der Waals surface area contributed by atoms with Crippen molar-refractivity contribution >= 4 is 26.8 Å². The predicted octanol–water partition coefficient (Wildman–Crippen LogP) is 1.54. The molecule has 1 aliphatic rings. The first kappa shape index (κ1) is 20.3. The third-order valence-electron chi connectivity index (χ3n) is 5.13. The molecule has 30 heavy (non-hydrogen) atoms. The van der Waals surface area contributed by atoms with Crippen molar-refractivity contribution in [3.63, 3.8) is 0 Å². The molecule has 0 amide bonds. The van der Waals surface area contributed by atoms with Gasteiger partial charge in [0.05, 0.1) is 10.5 Å². The van der Waals surface area contributed by atoms with Crippen LogP contribution >= 0.6 is 0 Å². The largest absolute Gasteiger partial charge is 0.440 e.